The molecule has 0 fully saturated rings. The van der Waals surface area contributed by atoms with Gasteiger partial charge in [0.15, 0.2) is 0 Å². The molecule has 1 aromatic rings. The minimum Gasteiger partial charge on any atom is -0.379 e. The maximum atomic E-state index is 12.1. The predicted octanol–water partition coefficient (Wildman–Crippen LogP) is 2.01. The van der Waals surface area contributed by atoms with Crippen molar-refractivity contribution in [1.29, 1.82) is 5.26 Å². The number of hydrogen-bond donors (Lipinski definition) is 2. The Morgan fingerprint density at radius 3 is 2.74 bits per heavy atom. The lowest BCUT2D eigenvalue weighted by Gasteiger charge is -2.14. The highest BCUT2D eigenvalue weighted by Gasteiger charge is 2.13. The van der Waals surface area contributed by atoms with Gasteiger partial charge in [-0.15, -0.1) is 0 Å². The molecule has 0 bridgehead atoms. The molecule has 0 spiro atoms. The van der Waals surface area contributed by atoms with E-state index in [4.69, 9.17) is 9.81 Å². The van der Waals surface area contributed by atoms with Gasteiger partial charge in [-0.1, -0.05) is 19.4 Å². The molecule has 0 saturated carbocycles. The van der Waals surface area contributed by atoms with Crippen LogP contribution in [0.2, 0.25) is 0 Å². The van der Waals surface area contributed by atoms with Crippen LogP contribution in [0, 0.1) is 11.3 Å². The van der Waals surface area contributed by atoms with E-state index in [0.717, 1.165) is 18.9 Å². The number of nitrogens with zero attached hydrogens (tertiary/aromatic N) is 2. The Morgan fingerprint density at radius 2 is 2.17 bits per heavy atom. The van der Waals surface area contributed by atoms with Crippen molar-refractivity contribution in [3.63, 3.8) is 0 Å². The van der Waals surface area contributed by atoms with Crippen LogP contribution in [0.3, 0.4) is 0 Å². The normalized spacial score (nSPS) is 11.7. The smallest absolute Gasteiger partial charge is 0.294 e. The van der Waals surface area contributed by atoms with E-state index in [-0.39, 0.29) is 16.2 Å². The highest BCUT2D eigenvalue weighted by molar-refractivity contribution is 7.85. The first kappa shape index (κ1) is 18.7. The molecule has 23 heavy (non-hydrogen) atoms. The minimum absolute atomic E-state index is 0.0964. The summed E-state index contributed by atoms with van der Waals surface area (Å²) >= 11 is 0. The number of hydrogen-bond acceptors (Lipinski definition) is 5. The number of carbonyl (C=O) groups is 1. The molecule has 0 heterocycles. The van der Waals surface area contributed by atoms with E-state index in [1.165, 1.54) is 24.4 Å². The second-order valence-electron chi connectivity index (χ2n) is 4.95. The Labute approximate surface area is 136 Å². The first-order chi connectivity index (χ1) is 10.8. The van der Waals surface area contributed by atoms with Crippen LogP contribution in [0.4, 0.5) is 5.69 Å². The zero-order valence-corrected chi connectivity index (χ0v) is 13.8. The molecule has 0 aliphatic rings. The van der Waals surface area contributed by atoms with Gasteiger partial charge in [0.05, 0.1) is 4.90 Å². The number of unbranched alkanes of at least 4 members (excludes halogenated alkanes) is 1. The summed E-state index contributed by atoms with van der Waals surface area (Å²) in [6.45, 7) is 2.75. The van der Waals surface area contributed by atoms with Crippen molar-refractivity contribution in [3.05, 3.63) is 36.0 Å². The fourth-order valence-corrected chi connectivity index (χ4v) is 2.29. The zero-order valence-electron chi connectivity index (χ0n) is 13.0. The van der Waals surface area contributed by atoms with Gasteiger partial charge in [-0.25, -0.2) is 0 Å². The molecule has 0 unspecified atom stereocenters. The lowest BCUT2D eigenvalue weighted by Crippen LogP contribution is -2.19. The van der Waals surface area contributed by atoms with Crippen LogP contribution >= 0.6 is 0 Å². The van der Waals surface area contributed by atoms with Crippen LogP contribution in [0.1, 0.15) is 19.8 Å². The Bertz CT molecular complexity index is 735. The molecule has 1 rings (SSSR count). The maximum Gasteiger partial charge on any atom is 0.294 e. The molecule has 124 valence electrons. The van der Waals surface area contributed by atoms with Gasteiger partial charge >= 0.3 is 0 Å². The Hall–Kier alpha value is -2.37. The third-order valence-electron chi connectivity index (χ3n) is 2.97. The zero-order chi connectivity index (χ0) is 17.5. The molecule has 0 saturated heterocycles. The van der Waals surface area contributed by atoms with E-state index in [1.54, 1.807) is 11.9 Å². The number of nitrogens with one attached hydrogen (secondary N) is 1. The topological polar surface area (TPSA) is 111 Å². The van der Waals surface area contributed by atoms with Crippen LogP contribution in [-0.4, -0.2) is 37.4 Å². The molecule has 7 nitrogen and oxygen atoms in total. The molecular weight excluding hydrogens is 318 g/mol. The molecule has 0 aliphatic heterocycles. The summed E-state index contributed by atoms with van der Waals surface area (Å²) in [7, 11) is -2.59. The molecular formula is C15H19N3O4S. The molecule has 0 aromatic heterocycles. The number of nitriles is 1. The van der Waals surface area contributed by atoms with Gasteiger partial charge in [0.25, 0.3) is 16.0 Å². The van der Waals surface area contributed by atoms with Gasteiger partial charge in [0.1, 0.15) is 11.6 Å². The fraction of sp³-hybridized carbons (Fsp3) is 0.333. The number of rotatable bonds is 7. The summed E-state index contributed by atoms with van der Waals surface area (Å²) < 4.78 is 31.2. The largest absolute Gasteiger partial charge is 0.379 e. The number of benzene rings is 1. The van der Waals surface area contributed by atoms with Crippen LogP contribution in [0.5, 0.6) is 0 Å². The molecule has 0 aliphatic carbocycles. The maximum absolute atomic E-state index is 12.1. The molecule has 0 radical (unpaired) electrons. The molecule has 1 aromatic carbocycles. The molecule has 1 amide bonds. The van der Waals surface area contributed by atoms with E-state index in [0.29, 0.717) is 6.54 Å². The van der Waals surface area contributed by atoms with Crippen LogP contribution in [0.25, 0.3) is 0 Å². The van der Waals surface area contributed by atoms with E-state index in [1.807, 2.05) is 13.0 Å². The van der Waals surface area contributed by atoms with Gasteiger partial charge in [-0.3, -0.25) is 9.35 Å². The summed E-state index contributed by atoms with van der Waals surface area (Å²) in [5, 5.41) is 11.5. The summed E-state index contributed by atoms with van der Waals surface area (Å²) in [5.74, 6) is -0.650. The second-order valence-corrected chi connectivity index (χ2v) is 6.37. The summed E-state index contributed by atoms with van der Waals surface area (Å²) in [4.78, 5) is 13.5. The standard InChI is InChI=1S/C15H19N3O4S/c1-3-4-8-18(2)11-12(10-16)15(19)17-13-6-5-7-14(9-13)23(20,21)22/h5-7,9,11H,3-4,8H2,1-2H3,(H,17,19)(H,20,21,22)/b12-11-. The highest BCUT2D eigenvalue weighted by Crippen LogP contribution is 2.16. The molecule has 2 N–H and O–H groups in total. The van der Waals surface area contributed by atoms with Crippen molar-refractivity contribution in [3.8, 4) is 6.07 Å². The van der Waals surface area contributed by atoms with Crippen LogP contribution < -0.4 is 5.32 Å². The predicted molar refractivity (Wildman–Crippen MR) is 86.1 cm³/mol. The number of anilines is 1. The first-order valence-corrected chi connectivity index (χ1v) is 8.43. The average molecular weight is 337 g/mol. The average Bonchev–Trinajstić information content (AvgIpc) is 2.49. The molecule has 8 heteroatoms. The minimum atomic E-state index is -4.36. The third kappa shape index (κ3) is 6.10. The Morgan fingerprint density at radius 1 is 1.48 bits per heavy atom. The van der Waals surface area contributed by atoms with E-state index in [9.17, 15) is 13.2 Å². The van der Waals surface area contributed by atoms with E-state index < -0.39 is 16.0 Å². The summed E-state index contributed by atoms with van der Waals surface area (Å²) in [6.07, 6.45) is 3.37. The lowest BCUT2D eigenvalue weighted by atomic mass is 10.2. The van der Waals surface area contributed by atoms with Crippen LogP contribution in [0.15, 0.2) is 40.9 Å². The van der Waals surface area contributed by atoms with Crippen molar-refractivity contribution in [1.82, 2.24) is 4.90 Å². The second kappa shape index (κ2) is 8.31. The number of amides is 1. The summed E-state index contributed by atoms with van der Waals surface area (Å²) in [5.41, 5.74) is 0.0725. The van der Waals surface area contributed by atoms with Gasteiger partial charge < -0.3 is 10.2 Å². The fourth-order valence-electron chi connectivity index (χ4n) is 1.76. The van der Waals surface area contributed by atoms with E-state index in [2.05, 4.69) is 5.32 Å². The van der Waals surface area contributed by atoms with Crippen molar-refractivity contribution < 1.29 is 17.8 Å². The van der Waals surface area contributed by atoms with Crippen LogP contribution in [-0.2, 0) is 14.9 Å². The quantitative estimate of drug-likeness (QED) is 0.447. The van der Waals surface area contributed by atoms with Gasteiger partial charge in [-0.05, 0) is 24.6 Å². The van der Waals surface area contributed by atoms with Crippen molar-refractivity contribution in [2.75, 3.05) is 18.9 Å². The van der Waals surface area contributed by atoms with E-state index >= 15 is 0 Å². The van der Waals surface area contributed by atoms with Gasteiger partial charge in [-0.2, -0.15) is 13.7 Å². The van der Waals surface area contributed by atoms with Gasteiger partial charge in [0, 0.05) is 25.5 Å². The monoisotopic (exact) mass is 337 g/mol. The lowest BCUT2D eigenvalue weighted by molar-refractivity contribution is -0.112. The third-order valence-corrected chi connectivity index (χ3v) is 3.82. The molecule has 0 atom stereocenters. The Kier molecular flexibility index (Phi) is 6.75. The van der Waals surface area contributed by atoms with Crippen molar-refractivity contribution in [2.45, 2.75) is 24.7 Å². The number of carbonyl (C=O) groups excluding carboxylic acids is 1. The highest BCUT2D eigenvalue weighted by atomic mass is 32.2. The Balaban J connectivity index is 2.89. The first-order valence-electron chi connectivity index (χ1n) is 6.99. The van der Waals surface area contributed by atoms with Crippen molar-refractivity contribution >= 4 is 21.7 Å². The SMILES string of the molecule is CCCCN(C)/C=C(/C#N)C(=O)Nc1cccc(S(=O)(=O)O)c1. The van der Waals surface area contributed by atoms with Crippen molar-refractivity contribution in [2.24, 2.45) is 0 Å². The summed E-state index contributed by atoms with van der Waals surface area (Å²) in [6, 6.07) is 6.96. The van der Waals surface area contributed by atoms with Gasteiger partial charge in [0.2, 0.25) is 0 Å².